The number of benzene rings is 1. The van der Waals surface area contributed by atoms with Crippen LogP contribution >= 0.6 is 0 Å². The van der Waals surface area contributed by atoms with Crippen LogP contribution in [0.25, 0.3) is 11.3 Å². The SMILES string of the molecule is [CH2]CC(=O)n1cnc(-c2ccc([N+](=O)[O-])cc2)c1. The number of nitrogens with zero attached hydrogens (tertiary/aromatic N) is 3. The number of nitro benzene ring substituents is 1. The van der Waals surface area contributed by atoms with Crippen molar-refractivity contribution in [3.05, 3.63) is 53.8 Å². The number of hydrogen-bond donors (Lipinski definition) is 0. The number of carbonyl (C=O) groups excluding carboxylic acids is 1. The van der Waals surface area contributed by atoms with E-state index in [0.717, 1.165) is 5.56 Å². The molecule has 0 saturated carbocycles. The van der Waals surface area contributed by atoms with Crippen LogP contribution in [-0.4, -0.2) is 20.4 Å². The summed E-state index contributed by atoms with van der Waals surface area (Å²) in [4.78, 5) is 25.5. The van der Waals surface area contributed by atoms with Gasteiger partial charge in [-0.1, -0.05) is 0 Å². The van der Waals surface area contributed by atoms with Crippen molar-refractivity contribution in [1.82, 2.24) is 9.55 Å². The molecular formula is C12H10N3O3. The number of rotatable bonds is 3. The van der Waals surface area contributed by atoms with Gasteiger partial charge in [0.1, 0.15) is 6.33 Å². The third-order valence-electron chi connectivity index (χ3n) is 2.46. The average Bonchev–Trinajstić information content (AvgIpc) is 2.87. The van der Waals surface area contributed by atoms with Gasteiger partial charge in [0.25, 0.3) is 5.69 Å². The fourth-order valence-corrected chi connectivity index (χ4v) is 1.49. The summed E-state index contributed by atoms with van der Waals surface area (Å²) in [6, 6.07) is 5.99. The van der Waals surface area contributed by atoms with Gasteiger partial charge in [0.05, 0.1) is 10.6 Å². The Kier molecular flexibility index (Phi) is 3.18. The fraction of sp³-hybridized carbons (Fsp3) is 0.0833. The van der Waals surface area contributed by atoms with Crippen molar-refractivity contribution in [2.45, 2.75) is 6.42 Å². The molecule has 1 aromatic carbocycles. The first-order valence-electron chi connectivity index (χ1n) is 5.23. The molecule has 18 heavy (non-hydrogen) atoms. The molecule has 0 aliphatic heterocycles. The lowest BCUT2D eigenvalue weighted by atomic mass is 10.1. The summed E-state index contributed by atoms with van der Waals surface area (Å²) in [5.41, 5.74) is 1.33. The molecule has 0 aliphatic rings. The lowest BCUT2D eigenvalue weighted by Crippen LogP contribution is -2.05. The van der Waals surface area contributed by atoms with Crippen LogP contribution in [0.3, 0.4) is 0 Å². The van der Waals surface area contributed by atoms with Gasteiger partial charge in [0.15, 0.2) is 0 Å². The summed E-state index contributed by atoms with van der Waals surface area (Å²) >= 11 is 0. The number of imidazole rings is 1. The third-order valence-corrected chi connectivity index (χ3v) is 2.46. The first-order chi connectivity index (χ1) is 8.61. The van der Waals surface area contributed by atoms with E-state index in [0.29, 0.717) is 5.69 Å². The van der Waals surface area contributed by atoms with Crippen LogP contribution in [0.2, 0.25) is 0 Å². The summed E-state index contributed by atoms with van der Waals surface area (Å²) in [5.74, 6) is -0.157. The molecule has 0 fully saturated rings. The summed E-state index contributed by atoms with van der Waals surface area (Å²) in [5, 5.41) is 10.5. The summed E-state index contributed by atoms with van der Waals surface area (Å²) < 4.78 is 1.35. The molecule has 6 nitrogen and oxygen atoms in total. The van der Waals surface area contributed by atoms with E-state index in [1.807, 2.05) is 0 Å². The molecule has 91 valence electrons. The van der Waals surface area contributed by atoms with Gasteiger partial charge in [0.2, 0.25) is 5.91 Å². The van der Waals surface area contributed by atoms with Gasteiger partial charge in [-0.2, -0.15) is 0 Å². The second-order valence-electron chi connectivity index (χ2n) is 3.61. The summed E-state index contributed by atoms with van der Waals surface area (Å²) in [6.07, 6.45) is 3.13. The quantitative estimate of drug-likeness (QED) is 0.613. The van der Waals surface area contributed by atoms with Crippen molar-refractivity contribution in [3.8, 4) is 11.3 Å². The number of nitro groups is 1. The predicted molar refractivity (Wildman–Crippen MR) is 64.9 cm³/mol. The molecule has 0 N–H and O–H groups in total. The minimum atomic E-state index is -0.464. The molecule has 0 atom stereocenters. The second kappa shape index (κ2) is 4.79. The standard InChI is InChI=1S/C12H10N3O3/c1-2-12(16)14-7-11(13-8-14)9-3-5-10(6-4-9)15(17)18/h3-8H,1-2H2. The number of hydrogen-bond acceptors (Lipinski definition) is 4. The lowest BCUT2D eigenvalue weighted by molar-refractivity contribution is -0.384. The zero-order chi connectivity index (χ0) is 13.1. The average molecular weight is 244 g/mol. The van der Waals surface area contributed by atoms with E-state index in [1.54, 1.807) is 18.3 Å². The van der Waals surface area contributed by atoms with E-state index in [9.17, 15) is 14.9 Å². The molecule has 0 amide bonds. The van der Waals surface area contributed by atoms with Crippen molar-refractivity contribution in [2.24, 2.45) is 0 Å². The molecule has 0 saturated heterocycles. The van der Waals surface area contributed by atoms with Crippen LogP contribution in [0.5, 0.6) is 0 Å². The van der Waals surface area contributed by atoms with Gasteiger partial charge in [-0.05, 0) is 19.1 Å². The zero-order valence-corrected chi connectivity index (χ0v) is 9.44. The van der Waals surface area contributed by atoms with E-state index in [4.69, 9.17) is 0 Å². The van der Waals surface area contributed by atoms with E-state index >= 15 is 0 Å². The van der Waals surface area contributed by atoms with Crippen LogP contribution in [0.1, 0.15) is 11.2 Å². The Hall–Kier alpha value is -2.50. The highest BCUT2D eigenvalue weighted by Gasteiger charge is 2.08. The Balaban J connectivity index is 2.29. The molecule has 0 bridgehead atoms. The van der Waals surface area contributed by atoms with Gasteiger partial charge in [-0.25, -0.2) is 4.98 Å². The molecule has 2 rings (SSSR count). The monoisotopic (exact) mass is 244 g/mol. The largest absolute Gasteiger partial charge is 0.276 e. The number of aromatic nitrogens is 2. The Morgan fingerprint density at radius 2 is 2.06 bits per heavy atom. The smallest absolute Gasteiger partial charge is 0.269 e. The van der Waals surface area contributed by atoms with Gasteiger partial charge < -0.3 is 0 Å². The van der Waals surface area contributed by atoms with Crippen LogP contribution in [0.15, 0.2) is 36.8 Å². The van der Waals surface area contributed by atoms with Crippen LogP contribution in [0.4, 0.5) is 5.69 Å². The maximum absolute atomic E-state index is 11.4. The highest BCUT2D eigenvalue weighted by Crippen LogP contribution is 2.20. The fourth-order valence-electron chi connectivity index (χ4n) is 1.49. The predicted octanol–water partition coefficient (Wildman–Crippen LogP) is 2.32. The molecule has 0 unspecified atom stereocenters. The number of non-ortho nitro benzene ring substituents is 1. The van der Waals surface area contributed by atoms with Crippen LogP contribution < -0.4 is 0 Å². The minimum Gasteiger partial charge on any atom is -0.276 e. The van der Waals surface area contributed by atoms with Crippen molar-refractivity contribution >= 4 is 11.6 Å². The Morgan fingerprint density at radius 3 is 2.61 bits per heavy atom. The summed E-state index contributed by atoms with van der Waals surface area (Å²) in [6.45, 7) is 3.50. The minimum absolute atomic E-state index is 0.0204. The van der Waals surface area contributed by atoms with Gasteiger partial charge >= 0.3 is 0 Å². The second-order valence-corrected chi connectivity index (χ2v) is 3.61. The molecule has 0 aliphatic carbocycles. The first kappa shape index (κ1) is 12.0. The maximum atomic E-state index is 11.4. The lowest BCUT2D eigenvalue weighted by Gasteiger charge is -1.96. The molecular weight excluding hydrogens is 234 g/mol. The maximum Gasteiger partial charge on any atom is 0.269 e. The van der Waals surface area contributed by atoms with Gasteiger partial charge in [-0.15, -0.1) is 0 Å². The first-order valence-corrected chi connectivity index (χ1v) is 5.23. The van der Waals surface area contributed by atoms with E-state index in [2.05, 4.69) is 11.9 Å². The van der Waals surface area contributed by atoms with Crippen molar-refractivity contribution in [1.29, 1.82) is 0 Å². The third kappa shape index (κ3) is 2.27. The van der Waals surface area contributed by atoms with Gasteiger partial charge in [-0.3, -0.25) is 19.5 Å². The molecule has 1 aromatic heterocycles. The highest BCUT2D eigenvalue weighted by atomic mass is 16.6. The van der Waals surface area contributed by atoms with Gasteiger partial charge in [0, 0.05) is 30.3 Å². The molecule has 6 heteroatoms. The van der Waals surface area contributed by atoms with E-state index in [-0.39, 0.29) is 18.0 Å². The van der Waals surface area contributed by atoms with E-state index < -0.39 is 4.92 Å². The van der Waals surface area contributed by atoms with Crippen molar-refractivity contribution in [2.75, 3.05) is 0 Å². The Morgan fingerprint density at radius 1 is 1.39 bits per heavy atom. The molecule has 1 radical (unpaired) electrons. The molecule has 1 heterocycles. The molecule has 2 aromatic rings. The Labute approximate surface area is 103 Å². The normalized spacial score (nSPS) is 10.3. The van der Waals surface area contributed by atoms with E-state index in [1.165, 1.54) is 23.0 Å². The van der Waals surface area contributed by atoms with Crippen molar-refractivity contribution < 1.29 is 9.72 Å². The van der Waals surface area contributed by atoms with Crippen LogP contribution in [0, 0.1) is 17.0 Å². The Bertz CT molecular complexity index is 587. The van der Waals surface area contributed by atoms with Crippen LogP contribution in [-0.2, 0) is 0 Å². The highest BCUT2D eigenvalue weighted by molar-refractivity contribution is 5.80. The number of carbonyl (C=O) groups is 1. The van der Waals surface area contributed by atoms with Crippen molar-refractivity contribution in [3.63, 3.8) is 0 Å². The zero-order valence-electron chi connectivity index (χ0n) is 9.44. The summed E-state index contributed by atoms with van der Waals surface area (Å²) in [7, 11) is 0. The molecule has 0 spiro atoms. The topological polar surface area (TPSA) is 78.0 Å².